The van der Waals surface area contributed by atoms with Gasteiger partial charge < -0.3 is 0 Å². The van der Waals surface area contributed by atoms with E-state index in [2.05, 4.69) is 41.5 Å². The van der Waals surface area contributed by atoms with E-state index in [0.29, 0.717) is 0 Å². The average Bonchev–Trinajstić information content (AvgIpc) is 2.08. The molecule has 0 aliphatic carbocycles. The summed E-state index contributed by atoms with van der Waals surface area (Å²) >= 11 is 0. The van der Waals surface area contributed by atoms with Crippen LogP contribution in [-0.2, 0) is 0 Å². The lowest BCUT2D eigenvalue weighted by Crippen LogP contribution is -1.98. The first-order valence-corrected chi connectivity index (χ1v) is 4.50. The van der Waals surface area contributed by atoms with Crippen molar-refractivity contribution in [3.63, 3.8) is 0 Å². The van der Waals surface area contributed by atoms with Crippen LogP contribution in [0.2, 0.25) is 0 Å². The summed E-state index contributed by atoms with van der Waals surface area (Å²) in [7, 11) is 0. The molecular weight excluding hydrogens is 168 g/mol. The van der Waals surface area contributed by atoms with E-state index in [0.717, 1.165) is 0 Å². The van der Waals surface area contributed by atoms with Crippen LogP contribution >= 0.6 is 0 Å². The molecule has 82 valence electrons. The van der Waals surface area contributed by atoms with Crippen LogP contribution in [0.3, 0.4) is 0 Å². The largest absolute Gasteiger partial charge is 0.0776 e. The minimum atomic E-state index is 0. The predicted octanol–water partition coefficient (Wildman–Crippen LogP) is 4.81. The molecule has 0 fully saturated rings. The van der Waals surface area contributed by atoms with E-state index in [1.54, 1.807) is 0 Å². The number of hydrogen-bond donors (Lipinski definition) is 0. The van der Waals surface area contributed by atoms with Crippen LogP contribution in [0.4, 0.5) is 0 Å². The number of rotatable bonds is 0. The second-order valence-electron chi connectivity index (χ2n) is 3.75. The second kappa shape index (κ2) is 5.19. The van der Waals surface area contributed by atoms with Gasteiger partial charge in [0, 0.05) is 0 Å². The zero-order valence-electron chi connectivity index (χ0n) is 9.00. The van der Waals surface area contributed by atoms with Crippen molar-refractivity contribution in [3.8, 4) is 0 Å². The van der Waals surface area contributed by atoms with Gasteiger partial charge in [0.05, 0.1) is 0 Å². The van der Waals surface area contributed by atoms with Gasteiger partial charge >= 0.3 is 0 Å². The Kier molecular flexibility index (Phi) is 5.81. The van der Waals surface area contributed by atoms with Crippen molar-refractivity contribution in [1.82, 2.24) is 0 Å². The van der Waals surface area contributed by atoms with Crippen LogP contribution in [0, 0.1) is 41.5 Å². The van der Waals surface area contributed by atoms with Gasteiger partial charge in [-0.05, 0) is 74.9 Å². The van der Waals surface area contributed by atoms with Crippen LogP contribution in [0.1, 0.15) is 48.2 Å². The van der Waals surface area contributed by atoms with Crippen molar-refractivity contribution < 1.29 is 0 Å². The van der Waals surface area contributed by atoms with E-state index in [-0.39, 0.29) is 14.9 Å². The fourth-order valence-corrected chi connectivity index (χ4v) is 1.69. The van der Waals surface area contributed by atoms with Crippen molar-refractivity contribution in [1.29, 1.82) is 0 Å². The zero-order valence-corrected chi connectivity index (χ0v) is 9.00. The van der Waals surface area contributed by atoms with E-state index in [1.165, 1.54) is 33.4 Å². The molecule has 0 aromatic heterocycles. The normalized spacial score (nSPS) is 9.00. The van der Waals surface area contributed by atoms with Gasteiger partial charge in [0.15, 0.2) is 0 Å². The highest BCUT2D eigenvalue weighted by molar-refractivity contribution is 5.48. The smallest absolute Gasteiger partial charge is 0.0392 e. The monoisotopic (exact) mass is 194 g/mol. The topological polar surface area (TPSA) is 0 Å². The Hall–Kier alpha value is -0.780. The van der Waals surface area contributed by atoms with E-state index in [4.69, 9.17) is 0 Å². The highest BCUT2D eigenvalue weighted by atomic mass is 14.1. The lowest BCUT2D eigenvalue weighted by Gasteiger charge is -2.15. The summed E-state index contributed by atoms with van der Waals surface area (Å²) in [5, 5.41) is 0. The lowest BCUT2D eigenvalue weighted by molar-refractivity contribution is 1.13. The lowest BCUT2D eigenvalue weighted by atomic mass is 9.90. The van der Waals surface area contributed by atoms with Gasteiger partial charge in [-0.3, -0.25) is 0 Å². The van der Waals surface area contributed by atoms with Crippen molar-refractivity contribution in [2.45, 2.75) is 56.4 Å². The molecule has 0 saturated heterocycles. The fourth-order valence-electron chi connectivity index (χ4n) is 1.69. The molecule has 0 aliphatic rings. The average molecular weight is 194 g/mol. The van der Waals surface area contributed by atoms with Crippen molar-refractivity contribution in [2.75, 3.05) is 0 Å². The number of benzene rings is 1. The molecule has 0 nitrogen and oxygen atoms in total. The molecule has 0 heterocycles. The summed E-state index contributed by atoms with van der Waals surface area (Å²) in [6, 6.07) is 0. The summed E-state index contributed by atoms with van der Waals surface area (Å²) < 4.78 is 0. The summed E-state index contributed by atoms with van der Waals surface area (Å²) in [5.41, 5.74) is 8.73. The molecule has 0 radical (unpaired) electrons. The highest BCUT2D eigenvalue weighted by Gasteiger charge is 2.07. The van der Waals surface area contributed by atoms with Crippen LogP contribution < -0.4 is 0 Å². The molecule has 1 aromatic rings. The fraction of sp³-hybridized carbons (Fsp3) is 0.571. The SMILES string of the molecule is C.C.Cc1c(C)c(C)c(C)c(C)c1C. The van der Waals surface area contributed by atoms with Crippen LogP contribution in [0.25, 0.3) is 0 Å². The van der Waals surface area contributed by atoms with Crippen molar-refractivity contribution >= 4 is 0 Å². The van der Waals surface area contributed by atoms with E-state index >= 15 is 0 Å². The molecule has 0 amide bonds. The van der Waals surface area contributed by atoms with Gasteiger partial charge in [-0.25, -0.2) is 0 Å². The molecule has 1 aromatic carbocycles. The van der Waals surface area contributed by atoms with E-state index in [9.17, 15) is 0 Å². The zero-order chi connectivity index (χ0) is 9.46. The molecule has 0 aliphatic heterocycles. The van der Waals surface area contributed by atoms with E-state index < -0.39 is 0 Å². The molecule has 0 unspecified atom stereocenters. The molecule has 0 atom stereocenters. The molecule has 0 N–H and O–H groups in total. The highest BCUT2D eigenvalue weighted by Crippen LogP contribution is 2.24. The Morgan fingerprint density at radius 3 is 0.500 bits per heavy atom. The van der Waals surface area contributed by atoms with Crippen molar-refractivity contribution in [3.05, 3.63) is 33.4 Å². The first-order chi connectivity index (χ1) is 5.46. The molecule has 0 saturated carbocycles. The van der Waals surface area contributed by atoms with Gasteiger partial charge in [0.1, 0.15) is 0 Å². The Morgan fingerprint density at radius 1 is 0.357 bits per heavy atom. The van der Waals surface area contributed by atoms with Crippen LogP contribution in [-0.4, -0.2) is 0 Å². The molecule has 14 heavy (non-hydrogen) atoms. The van der Waals surface area contributed by atoms with Crippen molar-refractivity contribution in [2.24, 2.45) is 0 Å². The molecule has 0 bridgehead atoms. The Balaban J connectivity index is 0. The minimum absolute atomic E-state index is 0. The second-order valence-corrected chi connectivity index (χ2v) is 3.75. The third-order valence-corrected chi connectivity index (χ3v) is 3.38. The molecular formula is C14H26. The first-order valence-electron chi connectivity index (χ1n) is 4.50. The molecule has 0 spiro atoms. The molecule has 1 rings (SSSR count). The minimum Gasteiger partial charge on any atom is -0.0776 e. The number of hydrogen-bond acceptors (Lipinski definition) is 0. The summed E-state index contributed by atoms with van der Waals surface area (Å²) in [6.45, 7) is 13.3. The van der Waals surface area contributed by atoms with Gasteiger partial charge in [-0.1, -0.05) is 14.9 Å². The van der Waals surface area contributed by atoms with Gasteiger partial charge in [-0.15, -0.1) is 0 Å². The van der Waals surface area contributed by atoms with Crippen LogP contribution in [0.5, 0.6) is 0 Å². The summed E-state index contributed by atoms with van der Waals surface area (Å²) in [6.07, 6.45) is 0. The first kappa shape index (κ1) is 15.7. The third kappa shape index (κ3) is 2.17. The van der Waals surface area contributed by atoms with Gasteiger partial charge in [0.2, 0.25) is 0 Å². The molecule has 0 heteroatoms. The van der Waals surface area contributed by atoms with Gasteiger partial charge in [0.25, 0.3) is 0 Å². The maximum Gasteiger partial charge on any atom is -0.0392 e. The standard InChI is InChI=1S/C12H18.2CH4/c1-7-8(2)10(4)12(6)11(5)9(7)3;;/h1-6H3;2*1H4. The maximum atomic E-state index is 2.21. The Morgan fingerprint density at radius 2 is 0.429 bits per heavy atom. The van der Waals surface area contributed by atoms with E-state index in [1.807, 2.05) is 0 Å². The third-order valence-electron chi connectivity index (χ3n) is 3.38. The Bertz CT molecular complexity index is 214. The predicted molar refractivity (Wildman–Crippen MR) is 68.3 cm³/mol. The summed E-state index contributed by atoms with van der Waals surface area (Å²) in [5.74, 6) is 0. The van der Waals surface area contributed by atoms with Crippen LogP contribution in [0.15, 0.2) is 0 Å². The summed E-state index contributed by atoms with van der Waals surface area (Å²) in [4.78, 5) is 0. The Labute approximate surface area is 90.4 Å². The quantitative estimate of drug-likeness (QED) is 0.556. The maximum absolute atomic E-state index is 2.21. The van der Waals surface area contributed by atoms with Gasteiger partial charge in [-0.2, -0.15) is 0 Å².